The van der Waals surface area contributed by atoms with Crippen molar-refractivity contribution in [3.63, 3.8) is 0 Å². The Morgan fingerprint density at radius 1 is 1.07 bits per heavy atom. The lowest BCUT2D eigenvalue weighted by Crippen LogP contribution is -2.35. The van der Waals surface area contributed by atoms with Crippen molar-refractivity contribution in [1.29, 1.82) is 0 Å². The molecular formula is C22H26N4O2. The van der Waals surface area contributed by atoms with Gasteiger partial charge in [0.05, 0.1) is 17.1 Å². The molecule has 0 aliphatic carbocycles. The van der Waals surface area contributed by atoms with Crippen molar-refractivity contribution in [3.05, 3.63) is 65.5 Å². The highest BCUT2D eigenvalue weighted by atomic mass is 16.2. The number of carbonyl (C=O) groups is 2. The zero-order valence-electron chi connectivity index (χ0n) is 16.5. The topological polar surface area (TPSA) is 86.9 Å². The number of rotatable bonds is 7. The predicted molar refractivity (Wildman–Crippen MR) is 110 cm³/mol. The van der Waals surface area contributed by atoms with Crippen LogP contribution in [0.2, 0.25) is 0 Å². The fourth-order valence-corrected chi connectivity index (χ4v) is 3.13. The van der Waals surface area contributed by atoms with Crippen LogP contribution in [0.5, 0.6) is 0 Å². The van der Waals surface area contributed by atoms with Crippen LogP contribution in [0.25, 0.3) is 11.0 Å². The quantitative estimate of drug-likeness (QED) is 0.588. The number of benzene rings is 2. The average molecular weight is 378 g/mol. The molecule has 0 aliphatic rings. The third-order valence-electron chi connectivity index (χ3n) is 4.71. The fourth-order valence-electron chi connectivity index (χ4n) is 3.13. The number of hydrogen-bond donors (Lipinski definition) is 3. The Morgan fingerprint density at radius 3 is 2.50 bits per heavy atom. The highest BCUT2D eigenvalue weighted by Gasteiger charge is 2.21. The molecule has 1 atom stereocenters. The largest absolute Gasteiger partial charge is 0.352 e. The number of nitrogens with zero attached hydrogens (tertiary/aromatic N) is 1. The number of aromatic nitrogens is 2. The molecule has 3 rings (SSSR count). The summed E-state index contributed by atoms with van der Waals surface area (Å²) in [6, 6.07) is 15.0. The summed E-state index contributed by atoms with van der Waals surface area (Å²) in [4.78, 5) is 32.6. The first-order chi connectivity index (χ1) is 13.5. The normalized spacial score (nSPS) is 12.1. The molecule has 0 unspecified atom stereocenters. The van der Waals surface area contributed by atoms with Crippen LogP contribution >= 0.6 is 0 Å². The van der Waals surface area contributed by atoms with Gasteiger partial charge in [-0.05, 0) is 36.6 Å². The van der Waals surface area contributed by atoms with E-state index in [0.717, 1.165) is 22.4 Å². The molecule has 6 heteroatoms. The van der Waals surface area contributed by atoms with Gasteiger partial charge in [-0.1, -0.05) is 44.2 Å². The van der Waals surface area contributed by atoms with E-state index in [2.05, 4.69) is 20.6 Å². The number of hydrogen-bond acceptors (Lipinski definition) is 3. The lowest BCUT2D eigenvalue weighted by molar-refractivity contribution is -0.122. The van der Waals surface area contributed by atoms with Gasteiger partial charge in [0.25, 0.3) is 5.91 Å². The van der Waals surface area contributed by atoms with E-state index < -0.39 is 0 Å². The molecule has 1 aromatic heterocycles. The Balaban J connectivity index is 1.57. The van der Waals surface area contributed by atoms with Gasteiger partial charge >= 0.3 is 0 Å². The number of carbonyl (C=O) groups excluding carboxylic acids is 2. The molecule has 6 nitrogen and oxygen atoms in total. The number of H-pyrrole nitrogens is 1. The Kier molecular flexibility index (Phi) is 6.09. The Bertz CT molecular complexity index is 944. The summed E-state index contributed by atoms with van der Waals surface area (Å²) >= 11 is 0. The molecule has 28 heavy (non-hydrogen) atoms. The lowest BCUT2D eigenvalue weighted by atomic mass is 10.0. The molecular weight excluding hydrogens is 352 g/mol. The smallest absolute Gasteiger partial charge is 0.251 e. The predicted octanol–water partition coefficient (Wildman–Crippen LogP) is 3.50. The summed E-state index contributed by atoms with van der Waals surface area (Å²) in [5.74, 6) is 0.632. The van der Waals surface area contributed by atoms with Crippen molar-refractivity contribution < 1.29 is 9.59 Å². The van der Waals surface area contributed by atoms with E-state index in [1.807, 2.05) is 63.2 Å². The molecule has 2 aromatic carbocycles. The number of amides is 2. The van der Waals surface area contributed by atoms with Crippen LogP contribution in [0, 0.1) is 12.8 Å². The van der Waals surface area contributed by atoms with Crippen molar-refractivity contribution in [3.8, 4) is 0 Å². The van der Waals surface area contributed by atoms with E-state index in [4.69, 9.17) is 0 Å². The van der Waals surface area contributed by atoms with E-state index in [-0.39, 0.29) is 36.7 Å². The minimum Gasteiger partial charge on any atom is -0.352 e. The van der Waals surface area contributed by atoms with Crippen molar-refractivity contribution in [2.45, 2.75) is 33.2 Å². The van der Waals surface area contributed by atoms with Crippen molar-refractivity contribution in [2.24, 2.45) is 5.92 Å². The zero-order chi connectivity index (χ0) is 20.1. The van der Waals surface area contributed by atoms with Crippen molar-refractivity contribution in [2.75, 3.05) is 6.54 Å². The van der Waals surface area contributed by atoms with Gasteiger partial charge in [-0.2, -0.15) is 0 Å². The number of aromatic amines is 1. The maximum absolute atomic E-state index is 12.4. The zero-order valence-corrected chi connectivity index (χ0v) is 16.5. The summed E-state index contributed by atoms with van der Waals surface area (Å²) in [7, 11) is 0. The van der Waals surface area contributed by atoms with Gasteiger partial charge in [-0.15, -0.1) is 0 Å². The van der Waals surface area contributed by atoms with Gasteiger partial charge in [0, 0.05) is 18.5 Å². The second-order valence-corrected chi connectivity index (χ2v) is 7.25. The molecule has 3 N–H and O–H groups in total. The minimum atomic E-state index is -0.216. The molecule has 0 saturated carbocycles. The third-order valence-corrected chi connectivity index (χ3v) is 4.71. The van der Waals surface area contributed by atoms with E-state index in [0.29, 0.717) is 5.56 Å². The molecule has 0 saturated heterocycles. The Morgan fingerprint density at radius 2 is 1.79 bits per heavy atom. The van der Waals surface area contributed by atoms with Crippen LogP contribution in [0.3, 0.4) is 0 Å². The summed E-state index contributed by atoms with van der Waals surface area (Å²) < 4.78 is 0. The van der Waals surface area contributed by atoms with Crippen LogP contribution in [0.4, 0.5) is 0 Å². The van der Waals surface area contributed by atoms with Crippen molar-refractivity contribution in [1.82, 2.24) is 20.6 Å². The number of fused-ring (bicyclic) bond motifs is 1. The van der Waals surface area contributed by atoms with E-state index >= 15 is 0 Å². The van der Waals surface area contributed by atoms with Gasteiger partial charge in [0.2, 0.25) is 5.91 Å². The molecule has 0 bridgehead atoms. The van der Waals surface area contributed by atoms with Gasteiger partial charge in [0.15, 0.2) is 0 Å². The van der Waals surface area contributed by atoms with Crippen LogP contribution in [0.1, 0.15) is 48.1 Å². The second-order valence-electron chi connectivity index (χ2n) is 7.25. The standard InChI is InChI=1S/C22H26N4O2/c1-14(2)20(21-24-17-10-6-7-11-18(17)25-21)26-19(27)12-13-23-22(28)16-9-5-4-8-15(16)3/h4-11,14,20H,12-13H2,1-3H3,(H,23,28)(H,24,25)(H,26,27)/t20-/m0/s1. The maximum Gasteiger partial charge on any atom is 0.251 e. The number of para-hydroxylation sites is 2. The first-order valence-electron chi connectivity index (χ1n) is 9.53. The van der Waals surface area contributed by atoms with Gasteiger partial charge in [-0.3, -0.25) is 9.59 Å². The highest BCUT2D eigenvalue weighted by Crippen LogP contribution is 2.22. The summed E-state index contributed by atoms with van der Waals surface area (Å²) in [5, 5.41) is 5.85. The minimum absolute atomic E-state index is 0.121. The van der Waals surface area contributed by atoms with Crippen LogP contribution < -0.4 is 10.6 Å². The molecule has 0 radical (unpaired) electrons. The molecule has 0 aliphatic heterocycles. The monoisotopic (exact) mass is 378 g/mol. The van der Waals surface area contributed by atoms with E-state index in [1.54, 1.807) is 6.07 Å². The summed E-state index contributed by atoms with van der Waals surface area (Å²) in [6.45, 7) is 6.25. The van der Waals surface area contributed by atoms with Gasteiger partial charge in [0.1, 0.15) is 5.82 Å². The number of nitrogens with one attached hydrogen (secondary N) is 3. The first kappa shape index (κ1) is 19.6. The van der Waals surface area contributed by atoms with Gasteiger partial charge in [-0.25, -0.2) is 4.98 Å². The van der Waals surface area contributed by atoms with E-state index in [1.165, 1.54) is 0 Å². The Hall–Kier alpha value is -3.15. The lowest BCUT2D eigenvalue weighted by Gasteiger charge is -2.20. The van der Waals surface area contributed by atoms with Crippen molar-refractivity contribution >= 4 is 22.8 Å². The Labute approximate surface area is 164 Å². The van der Waals surface area contributed by atoms with Gasteiger partial charge < -0.3 is 15.6 Å². The molecule has 1 heterocycles. The molecule has 0 spiro atoms. The fraction of sp³-hybridized carbons (Fsp3) is 0.318. The second kappa shape index (κ2) is 8.69. The van der Waals surface area contributed by atoms with E-state index in [9.17, 15) is 9.59 Å². The SMILES string of the molecule is Cc1ccccc1C(=O)NCCC(=O)N[C@H](c1nc2ccccc2[nH]1)C(C)C. The van der Waals surface area contributed by atoms with Crippen LogP contribution in [-0.2, 0) is 4.79 Å². The van der Waals surface area contributed by atoms with Crippen LogP contribution in [-0.4, -0.2) is 28.3 Å². The number of aryl methyl sites for hydroxylation is 1. The summed E-state index contributed by atoms with van der Waals surface area (Å²) in [6.07, 6.45) is 0.209. The third kappa shape index (κ3) is 4.57. The maximum atomic E-state index is 12.4. The average Bonchev–Trinajstić information content (AvgIpc) is 3.09. The number of imidazole rings is 1. The van der Waals surface area contributed by atoms with Crippen LogP contribution in [0.15, 0.2) is 48.5 Å². The molecule has 3 aromatic rings. The first-order valence-corrected chi connectivity index (χ1v) is 9.53. The molecule has 146 valence electrons. The molecule has 2 amide bonds. The highest BCUT2D eigenvalue weighted by molar-refractivity contribution is 5.95. The summed E-state index contributed by atoms with van der Waals surface area (Å²) in [5.41, 5.74) is 3.37. The molecule has 0 fully saturated rings.